The molecule has 0 aromatic rings. The van der Waals surface area contributed by atoms with Crippen molar-refractivity contribution < 1.29 is 4.39 Å². The van der Waals surface area contributed by atoms with Crippen molar-refractivity contribution in [1.82, 2.24) is 5.32 Å². The van der Waals surface area contributed by atoms with Gasteiger partial charge in [0.2, 0.25) is 0 Å². The Balaban J connectivity index is 2.24. The summed E-state index contributed by atoms with van der Waals surface area (Å²) in [6, 6.07) is 0. The van der Waals surface area contributed by atoms with Crippen molar-refractivity contribution in [3.05, 3.63) is 0 Å². The van der Waals surface area contributed by atoms with Crippen molar-refractivity contribution in [3.8, 4) is 0 Å². The van der Waals surface area contributed by atoms with E-state index in [0.717, 1.165) is 19.5 Å². The Kier molecular flexibility index (Phi) is 3.31. The van der Waals surface area contributed by atoms with E-state index in [-0.39, 0.29) is 0 Å². The van der Waals surface area contributed by atoms with Gasteiger partial charge in [0.15, 0.2) is 0 Å². The lowest BCUT2D eigenvalue weighted by Crippen LogP contribution is -2.15. The summed E-state index contributed by atoms with van der Waals surface area (Å²) in [5.74, 6) is 1.24. The van der Waals surface area contributed by atoms with Gasteiger partial charge in [0.1, 0.15) is 6.17 Å². The maximum absolute atomic E-state index is 12.9. The molecule has 1 N–H and O–H groups in total. The van der Waals surface area contributed by atoms with E-state index < -0.39 is 6.17 Å². The summed E-state index contributed by atoms with van der Waals surface area (Å²) in [5.41, 5.74) is 0. The smallest absolute Gasteiger partial charge is 0.100 e. The molecule has 1 rings (SSSR count). The topological polar surface area (TPSA) is 12.0 Å². The van der Waals surface area contributed by atoms with E-state index in [1.165, 1.54) is 0 Å². The van der Waals surface area contributed by atoms with Crippen molar-refractivity contribution in [2.24, 2.45) is 11.8 Å². The largest absolute Gasteiger partial charge is 0.316 e. The molecule has 0 aromatic carbocycles. The maximum Gasteiger partial charge on any atom is 0.100 e. The zero-order valence-electron chi connectivity index (χ0n) is 7.44. The molecule has 0 bridgehead atoms. The summed E-state index contributed by atoms with van der Waals surface area (Å²) in [4.78, 5) is 0. The maximum atomic E-state index is 12.9. The predicted molar refractivity (Wildman–Crippen MR) is 45.3 cm³/mol. The number of alkyl halides is 1. The molecule has 0 amide bonds. The van der Waals surface area contributed by atoms with E-state index in [2.05, 4.69) is 12.2 Å². The highest BCUT2D eigenvalue weighted by Crippen LogP contribution is 2.23. The normalized spacial score (nSPS) is 34.1. The number of nitrogens with one attached hydrogen (secondary N) is 1. The second-order valence-corrected chi connectivity index (χ2v) is 3.64. The lowest BCUT2D eigenvalue weighted by atomic mass is 9.92. The Morgan fingerprint density at radius 1 is 1.55 bits per heavy atom. The third-order valence-electron chi connectivity index (χ3n) is 2.68. The van der Waals surface area contributed by atoms with Crippen LogP contribution in [-0.4, -0.2) is 19.3 Å². The standard InChI is InChI=1S/C9H18FN/c1-3-9(10)4-8-6-11-5-7(8)2/h7-9,11H,3-6H2,1-2H3/t7?,8-,9+/m1/s1. The van der Waals surface area contributed by atoms with Gasteiger partial charge in [0.05, 0.1) is 0 Å². The molecule has 1 fully saturated rings. The fraction of sp³-hybridized carbons (Fsp3) is 1.00. The highest BCUT2D eigenvalue weighted by Gasteiger charge is 2.25. The summed E-state index contributed by atoms with van der Waals surface area (Å²) in [6.07, 6.45) is 0.843. The Labute approximate surface area is 68.4 Å². The number of halogens is 1. The molecule has 1 unspecified atom stereocenters. The Bertz CT molecular complexity index is 116. The zero-order chi connectivity index (χ0) is 8.27. The lowest BCUT2D eigenvalue weighted by Gasteiger charge is -2.15. The first-order valence-electron chi connectivity index (χ1n) is 4.58. The Morgan fingerprint density at radius 2 is 2.27 bits per heavy atom. The highest BCUT2D eigenvalue weighted by atomic mass is 19.1. The van der Waals surface area contributed by atoms with Crippen molar-refractivity contribution in [2.45, 2.75) is 32.9 Å². The first kappa shape index (κ1) is 8.98. The summed E-state index contributed by atoms with van der Waals surface area (Å²) < 4.78 is 12.9. The molecule has 0 spiro atoms. The molecule has 0 radical (unpaired) electrons. The molecule has 0 saturated carbocycles. The SMILES string of the molecule is CC[C@H](F)C[C@@H]1CNCC1C. The lowest BCUT2D eigenvalue weighted by molar-refractivity contribution is 0.247. The van der Waals surface area contributed by atoms with Gasteiger partial charge in [0, 0.05) is 0 Å². The fourth-order valence-corrected chi connectivity index (χ4v) is 1.68. The summed E-state index contributed by atoms with van der Waals surface area (Å²) in [6.45, 7) is 6.20. The van der Waals surface area contributed by atoms with Crippen molar-refractivity contribution in [1.29, 1.82) is 0 Å². The molecule has 2 heteroatoms. The van der Waals surface area contributed by atoms with Crippen molar-refractivity contribution in [3.63, 3.8) is 0 Å². The molecule has 3 atom stereocenters. The van der Waals surface area contributed by atoms with Crippen molar-refractivity contribution >= 4 is 0 Å². The van der Waals surface area contributed by atoms with Gasteiger partial charge in [-0.2, -0.15) is 0 Å². The van der Waals surface area contributed by atoms with Gasteiger partial charge in [-0.05, 0) is 37.8 Å². The monoisotopic (exact) mass is 159 g/mol. The van der Waals surface area contributed by atoms with Crippen LogP contribution >= 0.6 is 0 Å². The number of hydrogen-bond acceptors (Lipinski definition) is 1. The van der Waals surface area contributed by atoms with Crippen LogP contribution in [0.1, 0.15) is 26.7 Å². The van der Waals surface area contributed by atoms with Crippen LogP contribution in [0.15, 0.2) is 0 Å². The van der Waals surface area contributed by atoms with Crippen LogP contribution in [0.25, 0.3) is 0 Å². The van der Waals surface area contributed by atoms with Gasteiger partial charge >= 0.3 is 0 Å². The van der Waals surface area contributed by atoms with Crippen LogP contribution in [0.5, 0.6) is 0 Å². The molecule has 1 aliphatic heterocycles. The zero-order valence-corrected chi connectivity index (χ0v) is 7.44. The predicted octanol–water partition coefficient (Wildman–Crippen LogP) is 1.98. The van der Waals surface area contributed by atoms with Gasteiger partial charge in [0.25, 0.3) is 0 Å². The minimum Gasteiger partial charge on any atom is -0.316 e. The molecule has 1 aliphatic rings. The van der Waals surface area contributed by atoms with E-state index in [1.54, 1.807) is 0 Å². The van der Waals surface area contributed by atoms with Crippen LogP contribution in [0.4, 0.5) is 4.39 Å². The third kappa shape index (κ3) is 2.44. The number of hydrogen-bond donors (Lipinski definition) is 1. The Morgan fingerprint density at radius 3 is 2.73 bits per heavy atom. The van der Waals surface area contributed by atoms with E-state index in [0.29, 0.717) is 18.3 Å². The van der Waals surface area contributed by atoms with Gasteiger partial charge in [-0.25, -0.2) is 4.39 Å². The minimum absolute atomic E-state index is 0.574. The highest BCUT2D eigenvalue weighted by molar-refractivity contribution is 4.79. The molecular formula is C9H18FN. The second-order valence-electron chi connectivity index (χ2n) is 3.64. The quantitative estimate of drug-likeness (QED) is 0.664. The molecular weight excluding hydrogens is 141 g/mol. The summed E-state index contributed by atoms with van der Waals surface area (Å²) in [7, 11) is 0. The van der Waals surface area contributed by atoms with Gasteiger partial charge < -0.3 is 5.32 Å². The average Bonchev–Trinajstić information content (AvgIpc) is 2.37. The van der Waals surface area contributed by atoms with E-state index in [1.807, 2.05) is 6.92 Å². The van der Waals surface area contributed by atoms with Crippen LogP contribution in [-0.2, 0) is 0 Å². The van der Waals surface area contributed by atoms with Crippen LogP contribution < -0.4 is 5.32 Å². The summed E-state index contributed by atoms with van der Waals surface area (Å²) >= 11 is 0. The van der Waals surface area contributed by atoms with Gasteiger partial charge in [-0.1, -0.05) is 13.8 Å². The molecule has 66 valence electrons. The van der Waals surface area contributed by atoms with Crippen LogP contribution in [0.3, 0.4) is 0 Å². The van der Waals surface area contributed by atoms with E-state index in [4.69, 9.17) is 0 Å². The molecule has 11 heavy (non-hydrogen) atoms. The third-order valence-corrected chi connectivity index (χ3v) is 2.68. The molecule has 1 saturated heterocycles. The average molecular weight is 159 g/mol. The van der Waals surface area contributed by atoms with Gasteiger partial charge in [-0.3, -0.25) is 0 Å². The molecule has 0 aliphatic carbocycles. The van der Waals surface area contributed by atoms with E-state index in [9.17, 15) is 4.39 Å². The minimum atomic E-state index is -0.581. The Hall–Kier alpha value is -0.110. The second kappa shape index (κ2) is 4.05. The fourth-order valence-electron chi connectivity index (χ4n) is 1.68. The summed E-state index contributed by atoms with van der Waals surface area (Å²) in [5, 5.41) is 3.28. The number of rotatable bonds is 3. The molecule has 1 nitrogen and oxygen atoms in total. The van der Waals surface area contributed by atoms with Gasteiger partial charge in [-0.15, -0.1) is 0 Å². The first-order valence-corrected chi connectivity index (χ1v) is 4.58. The van der Waals surface area contributed by atoms with E-state index >= 15 is 0 Å². The van der Waals surface area contributed by atoms with Crippen LogP contribution in [0, 0.1) is 11.8 Å². The van der Waals surface area contributed by atoms with Crippen LogP contribution in [0.2, 0.25) is 0 Å². The first-order chi connectivity index (χ1) is 5.24. The van der Waals surface area contributed by atoms with Crippen molar-refractivity contribution in [2.75, 3.05) is 13.1 Å². The molecule has 0 aromatic heterocycles. The molecule has 1 heterocycles.